The van der Waals surface area contributed by atoms with Crippen LogP contribution in [0.2, 0.25) is 5.02 Å². The van der Waals surface area contributed by atoms with Gasteiger partial charge in [0.25, 0.3) is 6.01 Å². The van der Waals surface area contributed by atoms with Gasteiger partial charge in [0.05, 0.1) is 16.1 Å². The second kappa shape index (κ2) is 9.80. The van der Waals surface area contributed by atoms with Gasteiger partial charge in [0.15, 0.2) is 17.2 Å². The van der Waals surface area contributed by atoms with E-state index in [-0.39, 0.29) is 46.3 Å². The van der Waals surface area contributed by atoms with Gasteiger partial charge in [-0.3, -0.25) is 4.90 Å². The summed E-state index contributed by atoms with van der Waals surface area (Å²) in [6.45, 7) is 2.57. The minimum atomic E-state index is -1.09. The molecule has 4 atom stereocenters. The second-order valence-electron chi connectivity index (χ2n) is 12.1. The predicted octanol–water partition coefficient (Wildman–Crippen LogP) is 4.99. The number of anilines is 2. The van der Waals surface area contributed by atoms with Gasteiger partial charge in [-0.15, -0.1) is 0 Å². The molecule has 2 aromatic carbocycles. The number of aromatic nitrogens is 3. The topological polar surface area (TPSA) is 106 Å². The van der Waals surface area contributed by atoms with Crippen molar-refractivity contribution in [3.63, 3.8) is 0 Å². The highest BCUT2D eigenvalue weighted by atomic mass is 35.5. The maximum atomic E-state index is 16.7. The van der Waals surface area contributed by atoms with Crippen molar-refractivity contribution in [1.29, 1.82) is 0 Å². The number of fused-ring (bicyclic) bond motifs is 5. The maximum Gasteiger partial charge on any atom is 0.319 e. The van der Waals surface area contributed by atoms with Gasteiger partial charge in [-0.25, -0.2) is 17.6 Å². The van der Waals surface area contributed by atoms with Crippen LogP contribution in [0.1, 0.15) is 32.1 Å². The number of hydrogen-bond donors (Lipinski definition) is 2. The number of piperazine rings is 1. The lowest BCUT2D eigenvalue weighted by Gasteiger charge is -2.34. The molecule has 0 spiro atoms. The first kappa shape index (κ1) is 27.2. The summed E-state index contributed by atoms with van der Waals surface area (Å²) < 4.78 is 72.2. The molecule has 4 fully saturated rings. The number of rotatable bonds is 5. The van der Waals surface area contributed by atoms with Gasteiger partial charge in [-0.2, -0.15) is 15.0 Å². The van der Waals surface area contributed by atoms with E-state index in [0.717, 1.165) is 32.2 Å². The Balaban J connectivity index is 1.28. The Morgan fingerprint density at radius 2 is 1.84 bits per heavy atom. The lowest BCUT2D eigenvalue weighted by Crippen LogP contribution is -2.51. The van der Waals surface area contributed by atoms with Gasteiger partial charge >= 0.3 is 6.01 Å². The molecule has 9 nitrogen and oxygen atoms in total. The minimum absolute atomic E-state index is 0.0699. The Kier molecular flexibility index (Phi) is 6.19. The van der Waals surface area contributed by atoms with Crippen LogP contribution in [0.15, 0.2) is 16.5 Å². The van der Waals surface area contributed by atoms with Crippen molar-refractivity contribution >= 4 is 45.4 Å². The number of halogens is 5. The molecular weight excluding hydrogens is 590 g/mol. The van der Waals surface area contributed by atoms with Gasteiger partial charge in [0, 0.05) is 55.2 Å². The summed E-state index contributed by atoms with van der Waals surface area (Å²) in [4.78, 5) is 17.3. The van der Waals surface area contributed by atoms with E-state index < -0.39 is 46.3 Å². The number of oxazole rings is 1. The molecule has 3 N–H and O–H groups in total. The molecule has 4 saturated heterocycles. The summed E-state index contributed by atoms with van der Waals surface area (Å²) in [5.41, 5.74) is 3.54. The summed E-state index contributed by atoms with van der Waals surface area (Å²) in [5.74, 6) is -2.64. The van der Waals surface area contributed by atoms with Gasteiger partial charge < -0.3 is 25.1 Å². The smallest absolute Gasteiger partial charge is 0.319 e. The molecule has 0 radical (unpaired) electrons. The third-order valence-corrected chi connectivity index (χ3v) is 9.73. The number of hydrogen-bond acceptors (Lipinski definition) is 9. The van der Waals surface area contributed by atoms with Crippen LogP contribution in [0.4, 0.5) is 29.4 Å². The van der Waals surface area contributed by atoms with Crippen LogP contribution >= 0.6 is 11.6 Å². The fraction of sp³-hybridized carbons (Fsp3) is 0.483. The van der Waals surface area contributed by atoms with Crippen LogP contribution in [-0.2, 0) is 0 Å². The predicted molar refractivity (Wildman–Crippen MR) is 153 cm³/mol. The van der Waals surface area contributed by atoms with Crippen LogP contribution in [-0.4, -0.2) is 76.4 Å². The number of ether oxygens (including phenoxy) is 1. The number of benzene rings is 2. The van der Waals surface area contributed by atoms with Crippen molar-refractivity contribution in [2.24, 2.45) is 0 Å². The van der Waals surface area contributed by atoms with Gasteiger partial charge in [-0.05, 0) is 38.3 Å². The molecule has 2 aromatic heterocycles. The molecule has 0 saturated carbocycles. The van der Waals surface area contributed by atoms with Crippen molar-refractivity contribution in [2.75, 3.05) is 43.4 Å². The summed E-state index contributed by atoms with van der Waals surface area (Å²) in [6, 6.07) is 2.08. The van der Waals surface area contributed by atoms with E-state index in [1.807, 2.05) is 0 Å². The summed E-state index contributed by atoms with van der Waals surface area (Å²) in [7, 11) is 0. The quantitative estimate of drug-likeness (QED) is 0.300. The number of nitrogen functional groups attached to an aromatic ring is 1. The van der Waals surface area contributed by atoms with E-state index >= 15 is 8.78 Å². The molecule has 43 heavy (non-hydrogen) atoms. The van der Waals surface area contributed by atoms with E-state index in [2.05, 4.69) is 25.1 Å². The molecule has 4 aliphatic rings. The molecule has 14 heteroatoms. The molecule has 4 aromatic rings. The first-order valence-corrected chi connectivity index (χ1v) is 14.8. The highest BCUT2D eigenvalue weighted by Gasteiger charge is 2.49. The molecule has 0 amide bonds. The highest BCUT2D eigenvalue weighted by Crippen LogP contribution is 2.44. The lowest BCUT2D eigenvalue weighted by atomic mass is 9.95. The van der Waals surface area contributed by atoms with E-state index in [9.17, 15) is 8.78 Å². The normalized spacial score (nSPS) is 27.1. The molecule has 0 aliphatic carbocycles. The van der Waals surface area contributed by atoms with E-state index in [1.165, 1.54) is 6.07 Å². The maximum absolute atomic E-state index is 16.7. The van der Waals surface area contributed by atoms with E-state index in [1.54, 1.807) is 0 Å². The minimum Gasteiger partial charge on any atom is -0.461 e. The number of nitrogens with one attached hydrogen (secondary N) is 1. The van der Waals surface area contributed by atoms with Crippen LogP contribution < -0.4 is 20.7 Å². The van der Waals surface area contributed by atoms with Crippen molar-refractivity contribution in [3.8, 4) is 17.1 Å². The Morgan fingerprint density at radius 3 is 2.63 bits per heavy atom. The third kappa shape index (κ3) is 4.30. The van der Waals surface area contributed by atoms with E-state index in [0.29, 0.717) is 43.3 Å². The zero-order valence-electron chi connectivity index (χ0n) is 23.0. The summed E-state index contributed by atoms with van der Waals surface area (Å²) in [6.07, 6.45) is 3.15. The second-order valence-corrected chi connectivity index (χ2v) is 12.5. The van der Waals surface area contributed by atoms with Crippen molar-refractivity contribution < 1.29 is 26.7 Å². The fourth-order valence-electron chi connectivity index (χ4n) is 7.58. The first-order valence-electron chi connectivity index (χ1n) is 14.5. The van der Waals surface area contributed by atoms with Gasteiger partial charge in [0.1, 0.15) is 35.4 Å². The SMILES string of the molecule is Nc1nc2c(-c3c(Cl)cc4c(N5C[C@H]6CC[C@@H](C5)N6)nc(OC[C@@]56CCCN5C[C@H](F)C6)nc4c3F)c(F)cc(F)c2o1. The fourth-order valence-corrected chi connectivity index (χ4v) is 7.87. The molecule has 2 bridgehead atoms. The zero-order valence-corrected chi connectivity index (χ0v) is 23.7. The van der Waals surface area contributed by atoms with Crippen LogP contribution in [0.5, 0.6) is 6.01 Å². The Morgan fingerprint density at radius 1 is 1.05 bits per heavy atom. The molecular formula is C29H28ClF4N7O2. The lowest BCUT2D eigenvalue weighted by molar-refractivity contribution is 0.107. The summed E-state index contributed by atoms with van der Waals surface area (Å²) in [5, 5.41) is 3.75. The molecule has 0 unspecified atom stereocenters. The molecule has 8 rings (SSSR count). The van der Waals surface area contributed by atoms with Crippen molar-refractivity contribution in [2.45, 2.75) is 55.9 Å². The molecule has 6 heterocycles. The van der Waals surface area contributed by atoms with Crippen molar-refractivity contribution in [3.05, 3.63) is 34.6 Å². The van der Waals surface area contributed by atoms with Crippen LogP contribution in [0.3, 0.4) is 0 Å². The number of nitrogens with zero attached hydrogens (tertiary/aromatic N) is 5. The summed E-state index contributed by atoms with van der Waals surface area (Å²) >= 11 is 6.65. The van der Waals surface area contributed by atoms with E-state index in [4.69, 9.17) is 31.5 Å². The monoisotopic (exact) mass is 617 g/mol. The van der Waals surface area contributed by atoms with Gasteiger partial charge in [-0.1, -0.05) is 11.6 Å². The van der Waals surface area contributed by atoms with Gasteiger partial charge in [0.2, 0.25) is 0 Å². The number of alkyl halides is 1. The Labute approximate surface area is 248 Å². The average Bonchev–Trinajstić information content (AvgIpc) is 3.71. The van der Waals surface area contributed by atoms with Crippen LogP contribution in [0.25, 0.3) is 33.1 Å². The van der Waals surface area contributed by atoms with Crippen LogP contribution in [0, 0.1) is 17.5 Å². The standard InChI is InChI=1S/C29H28ClF4N7O2/c30-17-6-16-23(22(34)20(17)21-18(32)7-19(33)25-24(21)37-27(35)43-25)38-28(39-26(16)40-10-14-2-3-15(11-40)36-14)42-12-29-4-1-5-41(29)9-13(31)8-29/h6-7,13-15,36H,1-5,8-12H2,(H2,35,37)/t13-,14-,15+,29+/m1/s1. The Hall–Kier alpha value is -3.42. The zero-order chi connectivity index (χ0) is 29.6. The highest BCUT2D eigenvalue weighted by molar-refractivity contribution is 6.35. The first-order chi connectivity index (χ1) is 20.7. The average molecular weight is 618 g/mol. The molecule has 226 valence electrons. The third-order valence-electron chi connectivity index (χ3n) is 9.43. The molecule has 4 aliphatic heterocycles. The largest absolute Gasteiger partial charge is 0.461 e. The van der Waals surface area contributed by atoms with Crippen molar-refractivity contribution in [1.82, 2.24) is 25.2 Å². The number of nitrogens with two attached hydrogens (primary N) is 1. The Bertz CT molecular complexity index is 1780.